The molecule has 0 spiro atoms. The third-order valence-corrected chi connectivity index (χ3v) is 8.02. The first-order valence-electron chi connectivity index (χ1n) is 12.2. The Hall–Kier alpha value is -3.16. The number of amides is 2. The van der Waals surface area contributed by atoms with Crippen molar-refractivity contribution in [3.05, 3.63) is 88.1 Å². The van der Waals surface area contributed by atoms with E-state index in [1.807, 2.05) is 59.6 Å². The Kier molecular flexibility index (Phi) is 7.16. The van der Waals surface area contributed by atoms with E-state index < -0.39 is 0 Å². The van der Waals surface area contributed by atoms with Crippen LogP contribution in [0.25, 0.3) is 0 Å². The van der Waals surface area contributed by atoms with Gasteiger partial charge >= 0.3 is 0 Å². The van der Waals surface area contributed by atoms with Crippen LogP contribution >= 0.6 is 11.3 Å². The van der Waals surface area contributed by atoms with Crippen molar-refractivity contribution in [2.45, 2.75) is 25.4 Å². The van der Waals surface area contributed by atoms with E-state index in [-0.39, 0.29) is 30.5 Å². The molecule has 2 aromatic carbocycles. The monoisotopic (exact) mass is 489 g/mol. The number of piperazine rings is 1. The fourth-order valence-electron chi connectivity index (χ4n) is 5.09. The number of ether oxygens (including phenoxy) is 1. The summed E-state index contributed by atoms with van der Waals surface area (Å²) in [6.45, 7) is 5.07. The van der Waals surface area contributed by atoms with Crippen molar-refractivity contribution in [1.82, 2.24) is 14.7 Å². The summed E-state index contributed by atoms with van der Waals surface area (Å²) in [6, 6.07) is 21.9. The maximum Gasteiger partial charge on any atom is 0.260 e. The van der Waals surface area contributed by atoms with Crippen LogP contribution in [0.2, 0.25) is 0 Å². The van der Waals surface area contributed by atoms with Crippen LogP contribution in [0.3, 0.4) is 0 Å². The maximum atomic E-state index is 13.6. The van der Waals surface area contributed by atoms with Gasteiger partial charge in [0.1, 0.15) is 5.75 Å². The van der Waals surface area contributed by atoms with Gasteiger partial charge in [-0.15, -0.1) is 11.3 Å². The van der Waals surface area contributed by atoms with Crippen molar-refractivity contribution < 1.29 is 14.3 Å². The molecule has 6 nitrogen and oxygen atoms in total. The lowest BCUT2D eigenvalue weighted by molar-refractivity contribution is -0.144. The molecule has 2 unspecified atom stereocenters. The van der Waals surface area contributed by atoms with Crippen LogP contribution in [-0.2, 0) is 16.0 Å². The average molecular weight is 490 g/mol. The molecular weight excluding hydrogens is 458 g/mol. The minimum Gasteiger partial charge on any atom is -0.484 e. The van der Waals surface area contributed by atoms with E-state index in [2.05, 4.69) is 40.6 Å². The van der Waals surface area contributed by atoms with Gasteiger partial charge in [-0.25, -0.2) is 0 Å². The van der Waals surface area contributed by atoms with Crippen LogP contribution in [0.5, 0.6) is 5.75 Å². The molecule has 0 N–H and O–H groups in total. The number of thiophene rings is 1. The molecule has 182 valence electrons. The van der Waals surface area contributed by atoms with E-state index in [9.17, 15) is 9.59 Å². The first kappa shape index (κ1) is 23.6. The third kappa shape index (κ3) is 5.11. The Morgan fingerprint density at radius 2 is 1.57 bits per heavy atom. The molecule has 0 bridgehead atoms. The van der Waals surface area contributed by atoms with Gasteiger partial charge in [0.2, 0.25) is 5.91 Å². The zero-order valence-electron chi connectivity index (χ0n) is 20.0. The quantitative estimate of drug-likeness (QED) is 0.528. The van der Waals surface area contributed by atoms with E-state index >= 15 is 0 Å². The molecule has 2 atom stereocenters. The standard InChI is InChI=1S/C28H31N3O3S/c1-21(31-14-12-25-24(13-19-35-25)27(31)22-8-4-2-5-9-22)28(33)30-17-15-29(16-18-30)26(32)20-34-23-10-6-3-7-11-23/h2-11,13,19,21,27H,12,14-18,20H2,1H3. The fraction of sp³-hybridized carbons (Fsp3) is 0.357. The molecule has 0 aliphatic carbocycles. The van der Waals surface area contributed by atoms with Crippen molar-refractivity contribution in [2.75, 3.05) is 39.3 Å². The van der Waals surface area contributed by atoms with Crippen LogP contribution in [0, 0.1) is 0 Å². The SMILES string of the molecule is CC(C(=O)N1CCN(C(=O)COc2ccccc2)CC1)N1CCc2sccc2C1c1ccccc1. The van der Waals surface area contributed by atoms with Crippen LogP contribution in [0.15, 0.2) is 72.1 Å². The number of rotatable bonds is 6. The number of nitrogens with zero attached hydrogens (tertiary/aromatic N) is 3. The topological polar surface area (TPSA) is 53.1 Å². The van der Waals surface area contributed by atoms with Crippen molar-refractivity contribution in [2.24, 2.45) is 0 Å². The molecule has 1 fully saturated rings. The largest absolute Gasteiger partial charge is 0.484 e. The van der Waals surface area contributed by atoms with Gasteiger partial charge in [0.25, 0.3) is 5.91 Å². The molecular formula is C28H31N3O3S. The molecule has 1 saturated heterocycles. The van der Waals surface area contributed by atoms with Gasteiger partial charge in [0, 0.05) is 37.6 Å². The highest BCUT2D eigenvalue weighted by molar-refractivity contribution is 7.10. The Bertz CT molecular complexity index is 1140. The van der Waals surface area contributed by atoms with Gasteiger partial charge < -0.3 is 14.5 Å². The molecule has 5 rings (SSSR count). The summed E-state index contributed by atoms with van der Waals surface area (Å²) in [6.07, 6.45) is 0.970. The predicted molar refractivity (Wildman–Crippen MR) is 138 cm³/mol. The predicted octanol–water partition coefficient (Wildman–Crippen LogP) is 3.83. The van der Waals surface area contributed by atoms with E-state index in [4.69, 9.17) is 4.74 Å². The van der Waals surface area contributed by atoms with Crippen molar-refractivity contribution in [3.63, 3.8) is 0 Å². The summed E-state index contributed by atoms with van der Waals surface area (Å²) in [5.74, 6) is 0.781. The summed E-state index contributed by atoms with van der Waals surface area (Å²) >= 11 is 1.81. The molecule has 2 amide bonds. The summed E-state index contributed by atoms with van der Waals surface area (Å²) in [5.41, 5.74) is 2.54. The first-order chi connectivity index (χ1) is 17.1. The van der Waals surface area contributed by atoms with Crippen molar-refractivity contribution in [3.8, 4) is 5.75 Å². The van der Waals surface area contributed by atoms with Crippen molar-refractivity contribution in [1.29, 1.82) is 0 Å². The van der Waals surface area contributed by atoms with E-state index in [1.54, 1.807) is 4.90 Å². The Morgan fingerprint density at radius 1 is 0.914 bits per heavy atom. The van der Waals surface area contributed by atoms with Gasteiger partial charge in [0.05, 0.1) is 12.1 Å². The maximum absolute atomic E-state index is 13.6. The first-order valence-corrected chi connectivity index (χ1v) is 13.1. The molecule has 1 aromatic heterocycles. The lowest BCUT2D eigenvalue weighted by atomic mass is 9.92. The number of benzene rings is 2. The Balaban J connectivity index is 1.21. The minimum absolute atomic E-state index is 0.0177. The lowest BCUT2D eigenvalue weighted by Gasteiger charge is -2.42. The second-order valence-corrected chi connectivity index (χ2v) is 10.1. The Morgan fingerprint density at radius 3 is 2.29 bits per heavy atom. The smallest absolute Gasteiger partial charge is 0.260 e. The minimum atomic E-state index is -0.239. The van der Waals surface area contributed by atoms with Crippen LogP contribution in [-0.4, -0.2) is 71.9 Å². The Labute approximate surface area is 210 Å². The molecule has 3 heterocycles. The second-order valence-electron chi connectivity index (χ2n) is 9.08. The van der Waals surface area contributed by atoms with Crippen LogP contribution in [0.1, 0.15) is 29.0 Å². The van der Waals surface area contributed by atoms with Gasteiger partial charge in [-0.2, -0.15) is 0 Å². The van der Waals surface area contributed by atoms with Gasteiger partial charge in [-0.05, 0) is 48.1 Å². The molecule has 0 radical (unpaired) electrons. The molecule has 2 aliphatic rings. The zero-order chi connectivity index (χ0) is 24.2. The van der Waals surface area contributed by atoms with E-state index in [0.717, 1.165) is 13.0 Å². The molecule has 0 saturated carbocycles. The summed E-state index contributed by atoms with van der Waals surface area (Å²) in [4.78, 5) is 33.7. The highest BCUT2D eigenvalue weighted by Gasteiger charge is 2.37. The average Bonchev–Trinajstić information content (AvgIpc) is 3.40. The number of hydrogen-bond acceptors (Lipinski definition) is 5. The molecule has 7 heteroatoms. The normalized spacial score (nSPS) is 19.2. The van der Waals surface area contributed by atoms with Gasteiger partial charge in [-0.3, -0.25) is 14.5 Å². The highest BCUT2D eigenvalue weighted by atomic mass is 32.1. The zero-order valence-corrected chi connectivity index (χ0v) is 20.8. The van der Waals surface area contributed by atoms with Crippen LogP contribution < -0.4 is 4.74 Å². The highest BCUT2D eigenvalue weighted by Crippen LogP contribution is 2.39. The third-order valence-electron chi connectivity index (χ3n) is 7.02. The number of hydrogen-bond donors (Lipinski definition) is 0. The molecule has 3 aromatic rings. The number of carbonyl (C=O) groups excluding carboxylic acids is 2. The van der Waals surface area contributed by atoms with Gasteiger partial charge in [-0.1, -0.05) is 48.5 Å². The van der Waals surface area contributed by atoms with E-state index in [1.165, 1.54) is 16.0 Å². The summed E-state index contributed by atoms with van der Waals surface area (Å²) in [7, 11) is 0. The lowest BCUT2D eigenvalue weighted by Crippen LogP contribution is -2.56. The molecule has 35 heavy (non-hydrogen) atoms. The summed E-state index contributed by atoms with van der Waals surface area (Å²) in [5, 5.41) is 2.16. The molecule has 2 aliphatic heterocycles. The van der Waals surface area contributed by atoms with Gasteiger partial charge in [0.15, 0.2) is 6.61 Å². The summed E-state index contributed by atoms with van der Waals surface area (Å²) < 4.78 is 5.61. The van der Waals surface area contributed by atoms with Crippen LogP contribution in [0.4, 0.5) is 0 Å². The second kappa shape index (κ2) is 10.6. The number of fused-ring (bicyclic) bond motifs is 1. The fourth-order valence-corrected chi connectivity index (χ4v) is 6.00. The van der Waals surface area contributed by atoms with E-state index in [0.29, 0.717) is 31.9 Å². The van der Waals surface area contributed by atoms with Crippen molar-refractivity contribution >= 4 is 23.2 Å². The number of carbonyl (C=O) groups is 2. The number of para-hydroxylation sites is 1.